The first-order valence-electron chi connectivity index (χ1n) is 5.76. The van der Waals surface area contributed by atoms with Gasteiger partial charge in [-0.15, -0.1) is 0 Å². The van der Waals surface area contributed by atoms with Crippen molar-refractivity contribution in [3.63, 3.8) is 0 Å². The summed E-state index contributed by atoms with van der Waals surface area (Å²) in [5, 5.41) is 9.54. The van der Waals surface area contributed by atoms with Crippen molar-refractivity contribution in [2.24, 2.45) is 0 Å². The van der Waals surface area contributed by atoms with Crippen LogP contribution in [0.5, 0.6) is 0 Å². The highest BCUT2D eigenvalue weighted by Crippen LogP contribution is 2.22. The van der Waals surface area contributed by atoms with Gasteiger partial charge in [-0.05, 0) is 26.2 Å². The molecule has 1 amide bonds. The van der Waals surface area contributed by atoms with Crippen LogP contribution >= 0.6 is 0 Å². The summed E-state index contributed by atoms with van der Waals surface area (Å²) in [6, 6.07) is 0.156. The molecule has 0 bridgehead atoms. The maximum Gasteiger partial charge on any atom is 0.274 e. The van der Waals surface area contributed by atoms with Gasteiger partial charge in [-0.2, -0.15) is 5.10 Å². The van der Waals surface area contributed by atoms with E-state index in [1.807, 2.05) is 0 Å². The number of anilines is 1. The Balaban J connectivity index is 1.96. The standard InChI is InChI=1S/C11H18N4O2/c1-6-9(12)10(15-14-6)11(16)13-7-3-4-8(5-7)17-2/h7-8H,3-5,12H2,1-2H3,(H,13,16)(H,14,15). The first-order valence-corrected chi connectivity index (χ1v) is 5.76. The summed E-state index contributed by atoms with van der Waals surface area (Å²) in [7, 11) is 1.70. The molecule has 17 heavy (non-hydrogen) atoms. The van der Waals surface area contributed by atoms with Gasteiger partial charge in [-0.25, -0.2) is 0 Å². The number of aromatic amines is 1. The molecule has 1 fully saturated rings. The Morgan fingerprint density at radius 3 is 2.88 bits per heavy atom. The first-order chi connectivity index (χ1) is 8.11. The summed E-state index contributed by atoms with van der Waals surface area (Å²) in [5.41, 5.74) is 7.17. The van der Waals surface area contributed by atoms with Crippen LogP contribution in [0, 0.1) is 6.92 Å². The van der Waals surface area contributed by atoms with Crippen LogP contribution in [0.2, 0.25) is 0 Å². The van der Waals surface area contributed by atoms with Crippen molar-refractivity contribution in [2.75, 3.05) is 12.8 Å². The lowest BCUT2D eigenvalue weighted by atomic mass is 10.2. The fourth-order valence-corrected chi connectivity index (χ4v) is 2.15. The van der Waals surface area contributed by atoms with Gasteiger partial charge in [0, 0.05) is 13.2 Å². The molecule has 2 unspecified atom stereocenters. The van der Waals surface area contributed by atoms with Crippen molar-refractivity contribution < 1.29 is 9.53 Å². The first kappa shape index (κ1) is 11.9. The second kappa shape index (κ2) is 4.75. The minimum atomic E-state index is -0.214. The van der Waals surface area contributed by atoms with Crippen molar-refractivity contribution in [3.8, 4) is 0 Å². The van der Waals surface area contributed by atoms with Crippen LogP contribution in [0.15, 0.2) is 0 Å². The van der Waals surface area contributed by atoms with Crippen molar-refractivity contribution in [1.82, 2.24) is 15.5 Å². The number of rotatable bonds is 3. The van der Waals surface area contributed by atoms with Crippen molar-refractivity contribution >= 4 is 11.6 Å². The van der Waals surface area contributed by atoms with Crippen molar-refractivity contribution in [2.45, 2.75) is 38.3 Å². The van der Waals surface area contributed by atoms with E-state index in [1.54, 1.807) is 14.0 Å². The highest BCUT2D eigenvalue weighted by atomic mass is 16.5. The Hall–Kier alpha value is -1.56. The molecule has 1 aliphatic rings. The molecule has 0 aromatic carbocycles. The third-order valence-corrected chi connectivity index (χ3v) is 3.26. The number of nitrogens with two attached hydrogens (primary N) is 1. The zero-order valence-electron chi connectivity index (χ0n) is 10.1. The number of hydrogen-bond acceptors (Lipinski definition) is 4. The molecule has 1 aliphatic carbocycles. The number of amides is 1. The zero-order chi connectivity index (χ0) is 12.4. The van der Waals surface area contributed by atoms with Crippen LogP contribution in [-0.2, 0) is 4.74 Å². The molecule has 2 atom stereocenters. The lowest BCUT2D eigenvalue weighted by Crippen LogP contribution is -2.34. The molecule has 0 saturated heterocycles. The number of aromatic nitrogens is 2. The number of hydrogen-bond donors (Lipinski definition) is 3. The monoisotopic (exact) mass is 238 g/mol. The second-order valence-electron chi connectivity index (χ2n) is 4.45. The van der Waals surface area contributed by atoms with E-state index in [9.17, 15) is 4.79 Å². The maximum absolute atomic E-state index is 11.9. The predicted octanol–water partition coefficient (Wildman–Crippen LogP) is 0.598. The SMILES string of the molecule is COC1CCC(NC(=O)c2n[nH]c(C)c2N)C1. The van der Waals surface area contributed by atoms with Crippen LogP contribution < -0.4 is 11.1 Å². The number of nitrogens with zero attached hydrogens (tertiary/aromatic N) is 1. The normalized spacial score (nSPS) is 23.9. The van der Waals surface area contributed by atoms with E-state index in [0.717, 1.165) is 25.0 Å². The molecule has 1 saturated carbocycles. The third-order valence-electron chi connectivity index (χ3n) is 3.26. The van der Waals surface area contributed by atoms with Crippen LogP contribution in [0.3, 0.4) is 0 Å². The van der Waals surface area contributed by atoms with E-state index in [2.05, 4.69) is 15.5 Å². The highest BCUT2D eigenvalue weighted by molar-refractivity contribution is 5.97. The number of carbonyl (C=O) groups excluding carboxylic acids is 1. The Bertz CT molecular complexity index is 416. The molecule has 2 rings (SSSR count). The number of ether oxygens (including phenoxy) is 1. The van der Waals surface area contributed by atoms with Crippen molar-refractivity contribution in [1.29, 1.82) is 0 Å². The van der Waals surface area contributed by atoms with Crippen LogP contribution in [0.25, 0.3) is 0 Å². The van der Waals surface area contributed by atoms with E-state index >= 15 is 0 Å². The van der Waals surface area contributed by atoms with Gasteiger partial charge in [0.25, 0.3) is 5.91 Å². The fourth-order valence-electron chi connectivity index (χ4n) is 2.15. The lowest BCUT2D eigenvalue weighted by Gasteiger charge is -2.12. The van der Waals surface area contributed by atoms with E-state index in [1.165, 1.54) is 0 Å². The molecule has 0 aliphatic heterocycles. The summed E-state index contributed by atoms with van der Waals surface area (Å²) < 4.78 is 5.26. The maximum atomic E-state index is 11.9. The number of H-pyrrole nitrogens is 1. The minimum Gasteiger partial charge on any atom is -0.395 e. The molecule has 6 heteroatoms. The Kier molecular flexibility index (Phi) is 3.33. The van der Waals surface area contributed by atoms with Gasteiger partial charge in [0.15, 0.2) is 5.69 Å². The molecule has 1 aromatic heterocycles. The molecular formula is C11H18N4O2. The van der Waals surface area contributed by atoms with Crippen molar-refractivity contribution in [3.05, 3.63) is 11.4 Å². The number of methoxy groups -OCH3 is 1. The molecule has 94 valence electrons. The number of aryl methyl sites for hydroxylation is 1. The molecular weight excluding hydrogens is 220 g/mol. The molecule has 0 spiro atoms. The summed E-state index contributed by atoms with van der Waals surface area (Å²) in [4.78, 5) is 11.9. The van der Waals surface area contributed by atoms with Gasteiger partial charge >= 0.3 is 0 Å². The quantitative estimate of drug-likeness (QED) is 0.718. The largest absolute Gasteiger partial charge is 0.395 e. The average molecular weight is 238 g/mol. The van der Waals surface area contributed by atoms with Crippen LogP contribution in [0.4, 0.5) is 5.69 Å². The fraction of sp³-hybridized carbons (Fsp3) is 0.636. The second-order valence-corrected chi connectivity index (χ2v) is 4.45. The summed E-state index contributed by atoms with van der Waals surface area (Å²) in [6.07, 6.45) is 3.02. The highest BCUT2D eigenvalue weighted by Gasteiger charge is 2.27. The number of nitrogens with one attached hydrogen (secondary N) is 2. The van der Waals surface area contributed by atoms with E-state index in [-0.39, 0.29) is 23.7 Å². The van der Waals surface area contributed by atoms with Gasteiger partial charge in [-0.1, -0.05) is 0 Å². The smallest absolute Gasteiger partial charge is 0.274 e. The van der Waals surface area contributed by atoms with Gasteiger partial charge < -0.3 is 15.8 Å². The van der Waals surface area contributed by atoms with Crippen LogP contribution in [-0.4, -0.2) is 35.4 Å². The molecule has 1 aromatic rings. The van der Waals surface area contributed by atoms with Gasteiger partial charge in [-0.3, -0.25) is 9.89 Å². The van der Waals surface area contributed by atoms with Gasteiger partial charge in [0.1, 0.15) is 0 Å². The van der Waals surface area contributed by atoms with Crippen LogP contribution in [0.1, 0.15) is 35.4 Å². The number of nitrogen functional groups attached to an aromatic ring is 1. The van der Waals surface area contributed by atoms with Gasteiger partial charge in [0.05, 0.1) is 17.5 Å². The molecule has 4 N–H and O–H groups in total. The number of carbonyl (C=O) groups is 1. The molecule has 6 nitrogen and oxygen atoms in total. The Morgan fingerprint density at radius 2 is 2.35 bits per heavy atom. The minimum absolute atomic E-state index is 0.156. The van der Waals surface area contributed by atoms with E-state index < -0.39 is 0 Å². The van der Waals surface area contributed by atoms with E-state index in [4.69, 9.17) is 10.5 Å². The Labute approximate surface area is 99.9 Å². The Morgan fingerprint density at radius 1 is 1.59 bits per heavy atom. The predicted molar refractivity (Wildman–Crippen MR) is 63.6 cm³/mol. The topological polar surface area (TPSA) is 93.0 Å². The molecule has 0 radical (unpaired) electrons. The summed E-state index contributed by atoms with van der Waals surface area (Å²) in [5.74, 6) is -0.214. The summed E-state index contributed by atoms with van der Waals surface area (Å²) >= 11 is 0. The van der Waals surface area contributed by atoms with E-state index in [0.29, 0.717) is 5.69 Å². The van der Waals surface area contributed by atoms with Gasteiger partial charge in [0.2, 0.25) is 0 Å². The molecule has 1 heterocycles. The lowest BCUT2D eigenvalue weighted by molar-refractivity contribution is 0.0911. The summed E-state index contributed by atoms with van der Waals surface area (Å²) in [6.45, 7) is 1.79. The zero-order valence-corrected chi connectivity index (χ0v) is 10.1. The average Bonchev–Trinajstić information content (AvgIpc) is 2.88. The third kappa shape index (κ3) is 2.41.